The second-order valence-electron chi connectivity index (χ2n) is 9.10. The minimum Gasteiger partial charge on any atom is -0.381 e. The number of carbonyl (C=O) groups excluding carboxylic acids is 1. The summed E-state index contributed by atoms with van der Waals surface area (Å²) in [6.07, 6.45) is 12.4. The van der Waals surface area contributed by atoms with Crippen LogP contribution in [-0.4, -0.2) is 55.8 Å². The molecule has 0 saturated heterocycles. The number of amides is 1. The zero-order valence-corrected chi connectivity index (χ0v) is 19.8. The van der Waals surface area contributed by atoms with Gasteiger partial charge < -0.3 is 20.4 Å². The molecule has 0 spiro atoms. The summed E-state index contributed by atoms with van der Waals surface area (Å²) in [5, 5.41) is 11.8. The molecular weight excluding hydrogens is 430 g/mol. The van der Waals surface area contributed by atoms with Crippen LogP contribution < -0.4 is 10.6 Å². The quantitative estimate of drug-likeness (QED) is 0.381. The van der Waals surface area contributed by atoms with E-state index in [1.165, 1.54) is 0 Å². The maximum Gasteiger partial charge on any atom is 0.255 e. The highest BCUT2D eigenvalue weighted by atomic mass is 16.5. The van der Waals surface area contributed by atoms with Gasteiger partial charge in [0.15, 0.2) is 0 Å². The number of carbonyl (C=O) groups is 1. The van der Waals surface area contributed by atoms with E-state index < -0.39 is 0 Å². The molecule has 1 atom stereocenters. The normalized spacial score (nSPS) is 19.4. The minimum absolute atomic E-state index is 0.0870. The van der Waals surface area contributed by atoms with Crippen LogP contribution in [0.1, 0.15) is 56.3 Å². The number of anilines is 1. The van der Waals surface area contributed by atoms with Crippen LogP contribution in [0.3, 0.4) is 0 Å². The van der Waals surface area contributed by atoms with Crippen molar-refractivity contribution in [1.29, 1.82) is 0 Å². The molecule has 4 heterocycles. The second-order valence-corrected chi connectivity index (χ2v) is 9.10. The maximum absolute atomic E-state index is 13.1. The van der Waals surface area contributed by atoms with E-state index in [9.17, 15) is 4.79 Å². The van der Waals surface area contributed by atoms with Gasteiger partial charge in [-0.3, -0.25) is 4.79 Å². The first-order valence-corrected chi connectivity index (χ1v) is 12.0. The van der Waals surface area contributed by atoms with Crippen LogP contribution in [-0.2, 0) is 4.74 Å². The van der Waals surface area contributed by atoms with E-state index in [0.717, 1.165) is 59.8 Å². The molecule has 1 fully saturated rings. The largest absolute Gasteiger partial charge is 0.381 e. The lowest BCUT2D eigenvalue weighted by Crippen LogP contribution is -2.38. The number of methoxy groups -OCH3 is 1. The molecule has 1 amide bonds. The molecular formula is C25H31N7O2. The zero-order valence-electron chi connectivity index (χ0n) is 19.8. The van der Waals surface area contributed by atoms with E-state index in [1.807, 2.05) is 30.7 Å². The van der Waals surface area contributed by atoms with Crippen molar-refractivity contribution in [2.45, 2.75) is 64.1 Å². The van der Waals surface area contributed by atoms with Gasteiger partial charge in [0.25, 0.3) is 5.91 Å². The molecule has 4 aromatic heterocycles. The van der Waals surface area contributed by atoms with Crippen molar-refractivity contribution in [1.82, 2.24) is 29.9 Å². The van der Waals surface area contributed by atoms with Crippen molar-refractivity contribution in [2.75, 3.05) is 12.4 Å². The van der Waals surface area contributed by atoms with Gasteiger partial charge in [-0.05, 0) is 56.7 Å². The van der Waals surface area contributed by atoms with Gasteiger partial charge in [-0.2, -0.15) is 10.1 Å². The van der Waals surface area contributed by atoms with Gasteiger partial charge in [0.2, 0.25) is 5.95 Å². The van der Waals surface area contributed by atoms with Crippen LogP contribution in [0.5, 0.6) is 0 Å². The lowest BCUT2D eigenvalue weighted by molar-refractivity contribution is 0.0599. The van der Waals surface area contributed by atoms with Gasteiger partial charge in [0.05, 0.1) is 23.4 Å². The summed E-state index contributed by atoms with van der Waals surface area (Å²) in [6.45, 7) is 4.22. The molecule has 1 aliphatic rings. The van der Waals surface area contributed by atoms with Crippen LogP contribution in [0.4, 0.5) is 5.95 Å². The Hall–Kier alpha value is -3.46. The summed E-state index contributed by atoms with van der Waals surface area (Å²) in [4.78, 5) is 25.4. The summed E-state index contributed by atoms with van der Waals surface area (Å²) in [6, 6.07) is 4.45. The Bertz CT molecular complexity index is 1300. The highest BCUT2D eigenvalue weighted by Gasteiger charge is 2.24. The number of aromatic amines is 1. The van der Waals surface area contributed by atoms with Gasteiger partial charge >= 0.3 is 0 Å². The fourth-order valence-electron chi connectivity index (χ4n) is 4.57. The predicted octanol–water partition coefficient (Wildman–Crippen LogP) is 4.17. The molecule has 1 saturated carbocycles. The summed E-state index contributed by atoms with van der Waals surface area (Å²) < 4.78 is 7.18. The van der Waals surface area contributed by atoms with Gasteiger partial charge in [-0.15, -0.1) is 0 Å². The van der Waals surface area contributed by atoms with Crippen LogP contribution in [0.2, 0.25) is 0 Å². The second kappa shape index (κ2) is 9.42. The van der Waals surface area contributed by atoms with E-state index >= 15 is 0 Å². The van der Waals surface area contributed by atoms with Crippen LogP contribution >= 0.6 is 0 Å². The van der Waals surface area contributed by atoms with Crippen molar-refractivity contribution in [3.05, 3.63) is 42.5 Å². The third-order valence-electron chi connectivity index (χ3n) is 6.84. The van der Waals surface area contributed by atoms with E-state index in [2.05, 4.69) is 44.5 Å². The minimum atomic E-state index is -0.0870. The van der Waals surface area contributed by atoms with Gasteiger partial charge in [0.1, 0.15) is 5.65 Å². The number of pyridine rings is 1. The summed E-state index contributed by atoms with van der Waals surface area (Å²) in [5.74, 6) is 0.524. The third kappa shape index (κ3) is 4.35. The van der Waals surface area contributed by atoms with Crippen molar-refractivity contribution >= 4 is 28.4 Å². The lowest BCUT2D eigenvalue weighted by atomic mass is 9.93. The average Bonchev–Trinajstić information content (AvgIpc) is 3.48. The summed E-state index contributed by atoms with van der Waals surface area (Å²) in [7, 11) is 1.75. The van der Waals surface area contributed by atoms with Crippen LogP contribution in [0.25, 0.3) is 27.7 Å². The van der Waals surface area contributed by atoms with Crippen LogP contribution in [0, 0.1) is 0 Å². The first kappa shape index (κ1) is 22.3. The molecule has 4 aromatic rings. The Balaban J connectivity index is 1.39. The number of nitrogens with zero attached hydrogens (tertiary/aromatic N) is 4. The highest BCUT2D eigenvalue weighted by molar-refractivity contribution is 6.02. The molecule has 9 nitrogen and oxygen atoms in total. The summed E-state index contributed by atoms with van der Waals surface area (Å²) in [5.41, 5.74) is 4.07. The Morgan fingerprint density at radius 2 is 2.12 bits per heavy atom. The smallest absolute Gasteiger partial charge is 0.255 e. The maximum atomic E-state index is 13.1. The number of hydrogen-bond donors (Lipinski definition) is 3. The number of nitrogens with one attached hydrogen (secondary N) is 3. The molecule has 0 bridgehead atoms. The number of ether oxygens (including phenoxy) is 1. The Labute approximate surface area is 198 Å². The van der Waals surface area contributed by atoms with Gasteiger partial charge in [0, 0.05) is 48.7 Å². The van der Waals surface area contributed by atoms with E-state index in [0.29, 0.717) is 23.7 Å². The molecule has 0 unspecified atom stereocenters. The van der Waals surface area contributed by atoms with Crippen LogP contribution in [0.15, 0.2) is 36.9 Å². The van der Waals surface area contributed by atoms with Crippen molar-refractivity contribution < 1.29 is 9.53 Å². The third-order valence-corrected chi connectivity index (χ3v) is 6.84. The predicted molar refractivity (Wildman–Crippen MR) is 132 cm³/mol. The van der Waals surface area contributed by atoms with Crippen molar-refractivity contribution in [2.24, 2.45) is 0 Å². The number of hydrogen-bond acceptors (Lipinski definition) is 6. The van der Waals surface area contributed by atoms with Gasteiger partial charge in [-0.25, -0.2) is 9.50 Å². The zero-order chi connectivity index (χ0) is 23.7. The number of aromatic nitrogens is 5. The molecule has 0 aliphatic heterocycles. The first-order valence-electron chi connectivity index (χ1n) is 12.0. The number of rotatable bonds is 7. The molecule has 0 radical (unpaired) electrons. The van der Waals surface area contributed by atoms with E-state index in [-0.39, 0.29) is 11.9 Å². The van der Waals surface area contributed by atoms with Crippen molar-refractivity contribution in [3.8, 4) is 11.1 Å². The van der Waals surface area contributed by atoms with E-state index in [4.69, 9.17) is 4.74 Å². The molecule has 5 rings (SSSR count). The SMILES string of the molecule is CC[C@H](C)Nc1ncc2c(-c3ccn4ncc(C(=O)N[C@H]5CC[C@H](OC)CC5)c4c3)c[nH]c2n1. The number of H-pyrrole nitrogens is 1. The Morgan fingerprint density at radius 1 is 1.29 bits per heavy atom. The topological polar surface area (TPSA) is 109 Å². The van der Waals surface area contributed by atoms with E-state index in [1.54, 1.807) is 17.8 Å². The fourth-order valence-corrected chi connectivity index (χ4v) is 4.57. The lowest BCUT2D eigenvalue weighted by Gasteiger charge is -2.28. The molecule has 9 heteroatoms. The van der Waals surface area contributed by atoms with Crippen molar-refractivity contribution in [3.63, 3.8) is 0 Å². The first-order chi connectivity index (χ1) is 16.6. The average molecular weight is 462 g/mol. The monoisotopic (exact) mass is 461 g/mol. The molecule has 0 aromatic carbocycles. The number of fused-ring (bicyclic) bond motifs is 2. The molecule has 178 valence electrons. The molecule has 1 aliphatic carbocycles. The molecule has 3 N–H and O–H groups in total. The highest BCUT2D eigenvalue weighted by Crippen LogP contribution is 2.29. The molecule has 34 heavy (non-hydrogen) atoms. The Morgan fingerprint density at radius 3 is 2.88 bits per heavy atom. The fraction of sp³-hybridized carbons (Fsp3) is 0.440. The standard InChI is InChI=1S/C25H31N7O2/c1-4-15(2)29-25-27-13-20-19(12-26-23(20)31-25)16-9-10-32-22(11-16)21(14-28-32)24(33)30-17-5-7-18(34-3)8-6-17/h9-15,17-18H,4-8H2,1-3H3,(H,30,33)(H2,26,27,29,31)/t15-,17-,18-/m0/s1. The summed E-state index contributed by atoms with van der Waals surface area (Å²) >= 11 is 0. The van der Waals surface area contributed by atoms with Gasteiger partial charge in [-0.1, -0.05) is 6.92 Å². The Kier molecular flexibility index (Phi) is 6.19.